The Balaban J connectivity index is 0.00000144. The molecule has 0 fully saturated rings. The van der Waals surface area contributed by atoms with E-state index in [1.54, 1.807) is 13.0 Å². The Morgan fingerprint density at radius 3 is 2.31 bits per heavy atom. The predicted octanol–water partition coefficient (Wildman–Crippen LogP) is -0.677. The van der Waals surface area contributed by atoms with Gasteiger partial charge in [-0.25, -0.2) is 0 Å². The van der Waals surface area contributed by atoms with Gasteiger partial charge in [0.25, 0.3) is 0 Å². The number of halogens is 3. The second-order valence-corrected chi connectivity index (χ2v) is 2.74. The summed E-state index contributed by atoms with van der Waals surface area (Å²) in [5, 5.41) is 0. The summed E-state index contributed by atoms with van der Waals surface area (Å²) in [5.74, 6) is 0. The van der Waals surface area contributed by atoms with Crippen LogP contribution in [0.5, 0.6) is 0 Å². The largest absolute Gasteiger partial charge is 1.00 e. The first-order valence-electron chi connectivity index (χ1n) is 3.60. The maximum atomic E-state index is 11.9. The van der Waals surface area contributed by atoms with E-state index in [4.69, 9.17) is 0 Å². The summed E-state index contributed by atoms with van der Waals surface area (Å²) >= 11 is 0. The topological polar surface area (TPSA) is 12.9 Å². The molecule has 0 unspecified atom stereocenters. The van der Waals surface area contributed by atoms with E-state index in [1.807, 2.05) is 0 Å². The van der Waals surface area contributed by atoms with Crippen LogP contribution in [-0.2, 0) is 6.32 Å². The zero-order valence-electron chi connectivity index (χ0n) is 7.60. The van der Waals surface area contributed by atoms with Crippen LogP contribution in [0.15, 0.2) is 18.3 Å². The Morgan fingerprint density at radius 2 is 1.92 bits per heavy atom. The van der Waals surface area contributed by atoms with Gasteiger partial charge in [-0.2, -0.15) is 0 Å². The number of hydrogen-bond donors (Lipinski definition) is 0. The van der Waals surface area contributed by atoms with Crippen molar-refractivity contribution in [2.75, 3.05) is 0 Å². The molecule has 13 heavy (non-hydrogen) atoms. The van der Waals surface area contributed by atoms with Crippen LogP contribution in [-0.4, -0.2) is 12.0 Å². The number of aromatic nitrogens is 1. The van der Waals surface area contributed by atoms with E-state index in [-0.39, 0.29) is 57.1 Å². The third-order valence-electron chi connectivity index (χ3n) is 1.41. The van der Waals surface area contributed by atoms with Gasteiger partial charge in [0.2, 0.25) is 0 Å². The van der Waals surface area contributed by atoms with Gasteiger partial charge >= 0.3 is 58.4 Å². The zero-order valence-corrected chi connectivity index (χ0v) is 10.7. The first-order valence-corrected chi connectivity index (χ1v) is 3.60. The summed E-state index contributed by atoms with van der Waals surface area (Å²) in [4.78, 5) is 3.66. The van der Waals surface area contributed by atoms with Gasteiger partial charge in [0.1, 0.15) is 0 Å². The van der Waals surface area contributed by atoms with Crippen molar-refractivity contribution in [2.24, 2.45) is 0 Å². The van der Waals surface area contributed by atoms with Gasteiger partial charge in [-0.1, -0.05) is 6.07 Å². The van der Waals surface area contributed by atoms with E-state index < -0.39 is 13.3 Å². The van der Waals surface area contributed by atoms with E-state index in [0.717, 1.165) is 5.56 Å². The van der Waals surface area contributed by atoms with Crippen molar-refractivity contribution >= 4 is 6.98 Å². The quantitative estimate of drug-likeness (QED) is 0.593. The van der Waals surface area contributed by atoms with Gasteiger partial charge in [0.15, 0.2) is 0 Å². The fraction of sp³-hybridized carbons (Fsp3) is 0.286. The number of aryl methyl sites for hydroxylation is 1. The summed E-state index contributed by atoms with van der Waals surface area (Å²) in [5.41, 5.74) is 0.960. The first kappa shape index (κ1) is 13.6. The minimum atomic E-state index is -4.76. The molecule has 0 N–H and O–H groups in total. The average molecular weight is 213 g/mol. The van der Waals surface area contributed by atoms with Gasteiger partial charge in [0, 0.05) is 11.9 Å². The van der Waals surface area contributed by atoms with Gasteiger partial charge in [-0.05, 0) is 24.9 Å². The van der Waals surface area contributed by atoms with Crippen molar-refractivity contribution in [1.82, 2.24) is 4.98 Å². The van der Waals surface area contributed by atoms with Crippen LogP contribution in [0.3, 0.4) is 0 Å². The zero-order chi connectivity index (χ0) is 9.19. The average Bonchev–Trinajstić information content (AvgIpc) is 1.91. The van der Waals surface area contributed by atoms with Crippen LogP contribution in [0, 0.1) is 6.92 Å². The summed E-state index contributed by atoms with van der Waals surface area (Å²) in [6, 6.07) is 3.04. The van der Waals surface area contributed by atoms with Crippen molar-refractivity contribution in [3.05, 3.63) is 29.6 Å². The molecule has 0 amide bonds. The molecule has 0 atom stereocenters. The molecular formula is C7H8BF3KN. The van der Waals surface area contributed by atoms with Crippen molar-refractivity contribution in [2.45, 2.75) is 13.2 Å². The van der Waals surface area contributed by atoms with E-state index >= 15 is 0 Å². The maximum Gasteiger partial charge on any atom is 1.00 e. The molecule has 1 aromatic heterocycles. The van der Waals surface area contributed by atoms with Crippen LogP contribution in [0.1, 0.15) is 11.3 Å². The van der Waals surface area contributed by atoms with Crippen molar-refractivity contribution < 1.29 is 64.3 Å². The number of nitrogens with zero attached hydrogens (tertiary/aromatic N) is 1. The molecule has 1 rings (SSSR count). The van der Waals surface area contributed by atoms with E-state index in [9.17, 15) is 12.9 Å². The van der Waals surface area contributed by atoms with Crippen molar-refractivity contribution in [1.29, 1.82) is 0 Å². The standard InChI is InChI=1S/C7H8BF3N.K/c1-6-2-3-7(12-5-6)4-8(9,10)11;/h2-3,5H,4H2,1H3;/q-1;+1. The van der Waals surface area contributed by atoms with Crippen molar-refractivity contribution in [3.63, 3.8) is 0 Å². The van der Waals surface area contributed by atoms with E-state index in [1.165, 1.54) is 12.3 Å². The number of pyridine rings is 1. The van der Waals surface area contributed by atoms with Crippen LogP contribution in [0.25, 0.3) is 0 Å². The minimum Gasteiger partial charge on any atom is -0.449 e. The van der Waals surface area contributed by atoms with Crippen LogP contribution in [0.4, 0.5) is 12.9 Å². The molecular weight excluding hydrogens is 205 g/mol. The summed E-state index contributed by atoms with van der Waals surface area (Å²) in [6.45, 7) is -2.97. The van der Waals surface area contributed by atoms with Gasteiger partial charge in [-0.3, -0.25) is 4.98 Å². The monoisotopic (exact) mass is 213 g/mol. The Labute approximate surface area is 118 Å². The third kappa shape index (κ3) is 5.85. The molecule has 1 aromatic rings. The molecule has 0 saturated carbocycles. The first-order chi connectivity index (χ1) is 5.47. The number of rotatable bonds is 2. The molecule has 0 saturated heterocycles. The second-order valence-electron chi connectivity index (χ2n) is 2.74. The Hall–Kier alpha value is 0.641. The molecule has 0 aromatic carbocycles. The molecule has 0 spiro atoms. The fourth-order valence-corrected chi connectivity index (χ4v) is 0.856. The van der Waals surface area contributed by atoms with E-state index in [0.29, 0.717) is 0 Å². The second kappa shape index (κ2) is 5.50. The molecule has 0 aliphatic carbocycles. The SMILES string of the molecule is Cc1ccc(C[B-](F)(F)F)nc1.[K+]. The third-order valence-corrected chi connectivity index (χ3v) is 1.41. The maximum absolute atomic E-state index is 11.9. The molecule has 0 aliphatic heterocycles. The predicted molar refractivity (Wildman–Crippen MR) is 41.8 cm³/mol. The molecule has 0 bridgehead atoms. The van der Waals surface area contributed by atoms with Crippen LogP contribution < -0.4 is 51.4 Å². The molecule has 66 valence electrons. The van der Waals surface area contributed by atoms with Crippen LogP contribution >= 0.6 is 0 Å². The van der Waals surface area contributed by atoms with Gasteiger partial charge < -0.3 is 12.9 Å². The molecule has 0 aliphatic rings. The van der Waals surface area contributed by atoms with Gasteiger partial charge in [0.05, 0.1) is 0 Å². The Kier molecular flexibility index (Phi) is 5.78. The molecule has 1 nitrogen and oxygen atoms in total. The minimum absolute atomic E-state index is 0. The molecule has 0 radical (unpaired) electrons. The summed E-state index contributed by atoms with van der Waals surface area (Å²) in [6.07, 6.45) is 0.553. The van der Waals surface area contributed by atoms with Gasteiger partial charge in [-0.15, -0.1) is 0 Å². The van der Waals surface area contributed by atoms with Crippen molar-refractivity contribution in [3.8, 4) is 0 Å². The molecule has 1 heterocycles. The smallest absolute Gasteiger partial charge is 0.449 e. The normalized spacial score (nSPS) is 10.8. The number of hydrogen-bond acceptors (Lipinski definition) is 1. The summed E-state index contributed by atoms with van der Waals surface area (Å²) < 4.78 is 35.6. The van der Waals surface area contributed by atoms with Crippen LogP contribution in [0.2, 0.25) is 0 Å². The van der Waals surface area contributed by atoms with E-state index in [2.05, 4.69) is 4.98 Å². The Bertz CT molecular complexity index is 259. The molecule has 6 heteroatoms. The Morgan fingerprint density at radius 1 is 1.31 bits per heavy atom. The fourth-order valence-electron chi connectivity index (χ4n) is 0.856. The summed E-state index contributed by atoms with van der Waals surface area (Å²) in [7, 11) is 0.